The van der Waals surface area contributed by atoms with Gasteiger partial charge in [0.1, 0.15) is 0 Å². The van der Waals surface area contributed by atoms with Gasteiger partial charge in [0.25, 0.3) is 0 Å². The molecule has 1 aliphatic rings. The first kappa shape index (κ1) is 8.31. The Morgan fingerprint density at radius 1 is 1.64 bits per heavy atom. The third-order valence-corrected chi connectivity index (χ3v) is 2.38. The van der Waals surface area contributed by atoms with Gasteiger partial charge in [-0.2, -0.15) is 0 Å². The Kier molecular flexibility index (Phi) is 2.32. The fraction of sp³-hybridized carbons (Fsp3) is 0.667. The van der Waals surface area contributed by atoms with E-state index in [1.54, 1.807) is 6.92 Å². The SMILES string of the molecule is C/C(C(=O)O)=C1\CCC(C)C1. The van der Waals surface area contributed by atoms with Gasteiger partial charge < -0.3 is 5.11 Å². The Balaban J connectivity index is 2.73. The van der Waals surface area contributed by atoms with Crippen molar-refractivity contribution in [3.05, 3.63) is 11.1 Å². The summed E-state index contributed by atoms with van der Waals surface area (Å²) in [6, 6.07) is 0. The van der Waals surface area contributed by atoms with Crippen LogP contribution in [0.2, 0.25) is 0 Å². The fourth-order valence-corrected chi connectivity index (χ4v) is 1.54. The van der Waals surface area contributed by atoms with Crippen molar-refractivity contribution in [3.63, 3.8) is 0 Å². The minimum absolute atomic E-state index is 0.564. The number of allylic oxidation sites excluding steroid dienone is 1. The molecular weight excluding hydrogens is 140 g/mol. The lowest BCUT2D eigenvalue weighted by molar-refractivity contribution is -0.132. The first-order valence-electron chi connectivity index (χ1n) is 4.03. The Morgan fingerprint density at radius 2 is 2.27 bits per heavy atom. The number of rotatable bonds is 1. The second-order valence-electron chi connectivity index (χ2n) is 3.38. The highest BCUT2D eigenvalue weighted by Gasteiger charge is 2.18. The summed E-state index contributed by atoms with van der Waals surface area (Å²) >= 11 is 0. The normalized spacial score (nSPS) is 28.7. The second-order valence-corrected chi connectivity index (χ2v) is 3.38. The van der Waals surface area contributed by atoms with E-state index in [-0.39, 0.29) is 0 Å². The zero-order valence-corrected chi connectivity index (χ0v) is 7.05. The summed E-state index contributed by atoms with van der Waals surface area (Å²) in [5.74, 6) is -0.0756. The van der Waals surface area contributed by atoms with Crippen molar-refractivity contribution in [2.45, 2.75) is 33.1 Å². The van der Waals surface area contributed by atoms with E-state index in [0.717, 1.165) is 24.8 Å². The van der Waals surface area contributed by atoms with E-state index in [1.807, 2.05) is 0 Å². The van der Waals surface area contributed by atoms with Crippen LogP contribution < -0.4 is 0 Å². The van der Waals surface area contributed by atoms with Crippen LogP contribution in [-0.2, 0) is 4.79 Å². The first-order chi connectivity index (χ1) is 5.11. The van der Waals surface area contributed by atoms with Gasteiger partial charge in [0.05, 0.1) is 0 Å². The summed E-state index contributed by atoms with van der Waals surface area (Å²) < 4.78 is 0. The lowest BCUT2D eigenvalue weighted by Crippen LogP contribution is -1.99. The zero-order chi connectivity index (χ0) is 8.43. The maximum absolute atomic E-state index is 10.5. The number of carboxylic acid groups (broad SMARTS) is 1. The summed E-state index contributed by atoms with van der Waals surface area (Å²) in [7, 11) is 0. The molecule has 0 heterocycles. The van der Waals surface area contributed by atoms with Crippen LogP contribution in [0.3, 0.4) is 0 Å². The minimum Gasteiger partial charge on any atom is -0.478 e. The molecule has 1 aliphatic carbocycles. The van der Waals surface area contributed by atoms with Crippen LogP contribution >= 0.6 is 0 Å². The van der Waals surface area contributed by atoms with Crippen molar-refractivity contribution >= 4 is 5.97 Å². The van der Waals surface area contributed by atoms with Crippen LogP contribution in [0.15, 0.2) is 11.1 Å². The molecule has 1 unspecified atom stereocenters. The summed E-state index contributed by atoms with van der Waals surface area (Å²) in [6.07, 6.45) is 3.12. The Morgan fingerprint density at radius 3 is 2.64 bits per heavy atom. The lowest BCUT2D eigenvalue weighted by atomic mass is 10.1. The highest BCUT2D eigenvalue weighted by atomic mass is 16.4. The number of carboxylic acids is 1. The Hall–Kier alpha value is -0.790. The predicted molar refractivity (Wildman–Crippen MR) is 43.4 cm³/mol. The van der Waals surface area contributed by atoms with Crippen molar-refractivity contribution in [1.82, 2.24) is 0 Å². The van der Waals surface area contributed by atoms with Crippen molar-refractivity contribution in [1.29, 1.82) is 0 Å². The van der Waals surface area contributed by atoms with Gasteiger partial charge >= 0.3 is 5.97 Å². The van der Waals surface area contributed by atoms with Crippen molar-refractivity contribution in [2.75, 3.05) is 0 Å². The van der Waals surface area contributed by atoms with Gasteiger partial charge in [-0.05, 0) is 32.1 Å². The highest BCUT2D eigenvalue weighted by molar-refractivity contribution is 5.86. The van der Waals surface area contributed by atoms with Gasteiger partial charge in [-0.1, -0.05) is 12.5 Å². The molecule has 2 nitrogen and oxygen atoms in total. The van der Waals surface area contributed by atoms with Gasteiger partial charge in [-0.3, -0.25) is 0 Å². The maximum Gasteiger partial charge on any atom is 0.331 e. The standard InChI is InChI=1S/C9H14O2/c1-6-3-4-8(5-6)7(2)9(10)11/h6H,3-5H2,1-2H3,(H,10,11)/b8-7-. The van der Waals surface area contributed by atoms with E-state index >= 15 is 0 Å². The summed E-state index contributed by atoms with van der Waals surface area (Å²) in [5.41, 5.74) is 1.71. The Labute approximate surface area is 66.9 Å². The third-order valence-electron chi connectivity index (χ3n) is 2.38. The van der Waals surface area contributed by atoms with E-state index in [1.165, 1.54) is 0 Å². The molecule has 0 aromatic carbocycles. The average molecular weight is 154 g/mol. The third kappa shape index (κ3) is 1.82. The van der Waals surface area contributed by atoms with Crippen molar-refractivity contribution in [2.24, 2.45) is 5.92 Å². The van der Waals surface area contributed by atoms with Gasteiger partial charge in [0.2, 0.25) is 0 Å². The van der Waals surface area contributed by atoms with Crippen LogP contribution in [0.4, 0.5) is 0 Å². The van der Waals surface area contributed by atoms with E-state index < -0.39 is 5.97 Å². The molecule has 0 aromatic heterocycles. The molecule has 0 radical (unpaired) electrons. The molecule has 0 spiro atoms. The number of carbonyl (C=O) groups is 1. The topological polar surface area (TPSA) is 37.3 Å². The molecule has 0 bridgehead atoms. The van der Waals surface area contributed by atoms with Gasteiger partial charge in [0, 0.05) is 5.57 Å². The Bertz CT molecular complexity index is 204. The van der Waals surface area contributed by atoms with Crippen LogP contribution in [0, 0.1) is 5.92 Å². The number of hydrogen-bond donors (Lipinski definition) is 1. The van der Waals surface area contributed by atoms with Gasteiger partial charge in [-0.25, -0.2) is 4.79 Å². The quantitative estimate of drug-likeness (QED) is 0.588. The molecule has 11 heavy (non-hydrogen) atoms. The molecule has 0 aromatic rings. The number of hydrogen-bond acceptors (Lipinski definition) is 1. The lowest BCUT2D eigenvalue weighted by Gasteiger charge is -1.99. The van der Waals surface area contributed by atoms with Crippen LogP contribution in [-0.4, -0.2) is 11.1 Å². The summed E-state index contributed by atoms with van der Waals surface area (Å²) in [4.78, 5) is 10.5. The zero-order valence-electron chi connectivity index (χ0n) is 7.05. The molecule has 1 fully saturated rings. The van der Waals surface area contributed by atoms with Crippen molar-refractivity contribution in [3.8, 4) is 0 Å². The molecule has 0 saturated heterocycles. The number of aliphatic carboxylic acids is 1. The fourth-order valence-electron chi connectivity index (χ4n) is 1.54. The first-order valence-corrected chi connectivity index (χ1v) is 4.03. The molecule has 1 saturated carbocycles. The van der Waals surface area contributed by atoms with E-state index in [4.69, 9.17) is 5.11 Å². The molecular formula is C9H14O2. The molecule has 1 atom stereocenters. The minimum atomic E-state index is -0.755. The molecule has 1 rings (SSSR count). The van der Waals surface area contributed by atoms with E-state index in [0.29, 0.717) is 11.5 Å². The smallest absolute Gasteiger partial charge is 0.331 e. The molecule has 2 heteroatoms. The highest BCUT2D eigenvalue weighted by Crippen LogP contribution is 2.31. The van der Waals surface area contributed by atoms with Gasteiger partial charge in [-0.15, -0.1) is 0 Å². The summed E-state index contributed by atoms with van der Waals surface area (Å²) in [5, 5.41) is 8.67. The second kappa shape index (κ2) is 3.07. The predicted octanol–water partition coefficient (Wildman–Crippen LogP) is 2.21. The van der Waals surface area contributed by atoms with Crippen LogP contribution in [0.25, 0.3) is 0 Å². The molecule has 0 aliphatic heterocycles. The molecule has 1 N–H and O–H groups in total. The van der Waals surface area contributed by atoms with Crippen LogP contribution in [0.5, 0.6) is 0 Å². The summed E-state index contributed by atoms with van der Waals surface area (Å²) in [6.45, 7) is 3.87. The monoisotopic (exact) mass is 154 g/mol. The van der Waals surface area contributed by atoms with E-state index in [9.17, 15) is 4.79 Å². The molecule has 62 valence electrons. The largest absolute Gasteiger partial charge is 0.478 e. The maximum atomic E-state index is 10.5. The van der Waals surface area contributed by atoms with Crippen LogP contribution in [0.1, 0.15) is 33.1 Å². The van der Waals surface area contributed by atoms with Gasteiger partial charge in [0.15, 0.2) is 0 Å². The van der Waals surface area contributed by atoms with E-state index in [2.05, 4.69) is 6.92 Å². The van der Waals surface area contributed by atoms with Crippen molar-refractivity contribution < 1.29 is 9.90 Å². The molecule has 0 amide bonds. The average Bonchev–Trinajstić information content (AvgIpc) is 2.34.